The minimum Gasteiger partial charge on any atom is -0.493 e. The molecule has 0 bridgehead atoms. The van der Waals surface area contributed by atoms with Gasteiger partial charge in [0.2, 0.25) is 15.9 Å². The molecule has 8 heteroatoms. The molecule has 152 valence electrons. The van der Waals surface area contributed by atoms with Gasteiger partial charge in [0, 0.05) is 11.2 Å². The lowest BCUT2D eigenvalue weighted by molar-refractivity contribution is -0.115. The monoisotopic (exact) mass is 406 g/mol. The number of anilines is 1. The van der Waals surface area contributed by atoms with Crippen LogP contribution in [0.3, 0.4) is 0 Å². The molecule has 28 heavy (non-hydrogen) atoms. The molecule has 0 aliphatic heterocycles. The molecule has 2 N–H and O–H groups in total. The van der Waals surface area contributed by atoms with Gasteiger partial charge in [-0.1, -0.05) is 6.07 Å². The Bertz CT molecular complexity index is 932. The summed E-state index contributed by atoms with van der Waals surface area (Å²) in [6.45, 7) is 5.31. The number of methoxy groups -OCH3 is 2. The lowest BCUT2D eigenvalue weighted by atomic mass is 10.1. The summed E-state index contributed by atoms with van der Waals surface area (Å²) < 4.78 is 37.6. The van der Waals surface area contributed by atoms with Gasteiger partial charge < -0.3 is 14.8 Å². The van der Waals surface area contributed by atoms with Gasteiger partial charge in [0.1, 0.15) is 0 Å². The molecule has 0 atom stereocenters. The summed E-state index contributed by atoms with van der Waals surface area (Å²) in [7, 11) is -0.534. The molecule has 2 aromatic rings. The molecular weight excluding hydrogens is 380 g/mol. The fraction of sp³-hybridized carbons (Fsp3) is 0.350. The number of benzene rings is 2. The Morgan fingerprint density at radius 3 is 2.11 bits per heavy atom. The van der Waals surface area contributed by atoms with E-state index in [-0.39, 0.29) is 17.2 Å². The molecule has 0 aliphatic rings. The summed E-state index contributed by atoms with van der Waals surface area (Å²) in [6, 6.07) is 11.3. The fourth-order valence-corrected chi connectivity index (χ4v) is 3.98. The van der Waals surface area contributed by atoms with Crippen molar-refractivity contribution in [1.29, 1.82) is 0 Å². The van der Waals surface area contributed by atoms with Crippen molar-refractivity contribution in [1.82, 2.24) is 4.72 Å². The number of carbonyl (C=O) groups is 1. The zero-order valence-electron chi connectivity index (χ0n) is 16.7. The summed E-state index contributed by atoms with van der Waals surface area (Å²) in [5.41, 5.74) is 0.703. The van der Waals surface area contributed by atoms with Crippen LogP contribution in [-0.4, -0.2) is 34.1 Å². The zero-order chi connectivity index (χ0) is 20.9. The Balaban J connectivity index is 2.05. The van der Waals surface area contributed by atoms with Crippen molar-refractivity contribution in [2.75, 3.05) is 19.5 Å². The summed E-state index contributed by atoms with van der Waals surface area (Å²) >= 11 is 0. The molecule has 0 spiro atoms. The molecule has 1 amide bonds. The molecule has 7 nitrogen and oxygen atoms in total. The smallest absolute Gasteiger partial charge is 0.241 e. The Labute approximate surface area is 166 Å². The Morgan fingerprint density at radius 2 is 1.57 bits per heavy atom. The highest BCUT2D eigenvalue weighted by Crippen LogP contribution is 2.27. The Morgan fingerprint density at radius 1 is 0.964 bits per heavy atom. The van der Waals surface area contributed by atoms with E-state index >= 15 is 0 Å². The van der Waals surface area contributed by atoms with Gasteiger partial charge in [-0.15, -0.1) is 0 Å². The van der Waals surface area contributed by atoms with Crippen molar-refractivity contribution in [2.45, 2.75) is 37.6 Å². The van der Waals surface area contributed by atoms with Crippen LogP contribution in [0.2, 0.25) is 0 Å². The maximum Gasteiger partial charge on any atom is 0.241 e. The highest BCUT2D eigenvalue weighted by Gasteiger charge is 2.21. The summed E-state index contributed by atoms with van der Waals surface area (Å²) in [5, 5.41) is 2.76. The first kappa shape index (κ1) is 21.7. The molecule has 2 rings (SSSR count). The second-order valence-electron chi connectivity index (χ2n) is 7.29. The van der Waals surface area contributed by atoms with E-state index in [1.807, 2.05) is 0 Å². The van der Waals surface area contributed by atoms with Crippen LogP contribution in [0.25, 0.3) is 0 Å². The van der Waals surface area contributed by atoms with Crippen LogP contribution >= 0.6 is 0 Å². The second-order valence-corrected chi connectivity index (χ2v) is 8.98. The average Bonchev–Trinajstić information content (AvgIpc) is 2.60. The Kier molecular flexibility index (Phi) is 6.69. The average molecular weight is 407 g/mol. The highest BCUT2D eigenvalue weighted by molar-refractivity contribution is 7.89. The third-order valence-electron chi connectivity index (χ3n) is 3.70. The van der Waals surface area contributed by atoms with E-state index in [1.54, 1.807) is 58.2 Å². The zero-order valence-corrected chi connectivity index (χ0v) is 17.5. The second kappa shape index (κ2) is 8.62. The first-order chi connectivity index (χ1) is 13.0. The number of nitrogens with one attached hydrogen (secondary N) is 2. The van der Waals surface area contributed by atoms with Crippen LogP contribution < -0.4 is 19.5 Å². The van der Waals surface area contributed by atoms with Gasteiger partial charge >= 0.3 is 0 Å². The van der Waals surface area contributed by atoms with E-state index in [0.29, 0.717) is 17.2 Å². The predicted octanol–water partition coefficient (Wildman–Crippen LogP) is 2.96. The molecule has 0 heterocycles. The SMILES string of the molecule is COc1ccc(CC(=O)Nc2ccc(S(=O)(=O)NC(C)(C)C)cc2)cc1OC. The van der Waals surface area contributed by atoms with Crippen LogP contribution in [0, 0.1) is 0 Å². The van der Waals surface area contributed by atoms with Gasteiger partial charge in [-0.25, -0.2) is 13.1 Å². The van der Waals surface area contributed by atoms with Crippen molar-refractivity contribution >= 4 is 21.6 Å². The van der Waals surface area contributed by atoms with Crippen molar-refractivity contribution in [3.05, 3.63) is 48.0 Å². The van der Waals surface area contributed by atoms with Crippen molar-refractivity contribution in [3.8, 4) is 11.5 Å². The van der Waals surface area contributed by atoms with Crippen LogP contribution in [0.5, 0.6) is 11.5 Å². The minimum absolute atomic E-state index is 0.139. The lowest BCUT2D eigenvalue weighted by Crippen LogP contribution is -2.40. The number of rotatable bonds is 7. The van der Waals surface area contributed by atoms with Gasteiger partial charge in [-0.2, -0.15) is 0 Å². The standard InChI is InChI=1S/C20H26N2O5S/c1-20(2,3)22-28(24,25)16-9-7-15(8-10-16)21-19(23)13-14-6-11-17(26-4)18(12-14)27-5/h6-12,22H,13H2,1-5H3,(H,21,23). The largest absolute Gasteiger partial charge is 0.493 e. The third-order valence-corrected chi connectivity index (χ3v) is 5.48. The van der Waals surface area contributed by atoms with Crippen molar-refractivity contribution < 1.29 is 22.7 Å². The number of hydrogen-bond donors (Lipinski definition) is 2. The third kappa shape index (κ3) is 5.97. The Hall–Kier alpha value is -2.58. The quantitative estimate of drug-likeness (QED) is 0.737. The van der Waals surface area contributed by atoms with Crippen molar-refractivity contribution in [3.63, 3.8) is 0 Å². The van der Waals surface area contributed by atoms with E-state index < -0.39 is 15.6 Å². The fourth-order valence-electron chi connectivity index (χ4n) is 2.56. The number of amides is 1. The maximum atomic E-state index is 12.3. The van der Waals surface area contributed by atoms with E-state index in [9.17, 15) is 13.2 Å². The van der Waals surface area contributed by atoms with Gasteiger partial charge in [0.05, 0.1) is 25.5 Å². The van der Waals surface area contributed by atoms with E-state index in [4.69, 9.17) is 9.47 Å². The number of ether oxygens (including phenoxy) is 2. The van der Waals surface area contributed by atoms with Crippen LogP contribution in [0.4, 0.5) is 5.69 Å². The van der Waals surface area contributed by atoms with Gasteiger partial charge in [0.15, 0.2) is 11.5 Å². The molecular formula is C20H26N2O5S. The molecule has 2 aromatic carbocycles. The van der Waals surface area contributed by atoms with Crippen LogP contribution in [0.15, 0.2) is 47.4 Å². The molecule has 0 aliphatic carbocycles. The normalized spacial score (nSPS) is 11.8. The van der Waals surface area contributed by atoms with Crippen molar-refractivity contribution in [2.24, 2.45) is 0 Å². The number of carbonyl (C=O) groups excluding carboxylic acids is 1. The summed E-state index contributed by atoms with van der Waals surface area (Å²) in [6.07, 6.45) is 0.145. The molecule has 0 unspecified atom stereocenters. The molecule has 0 aromatic heterocycles. The van der Waals surface area contributed by atoms with Gasteiger partial charge in [-0.05, 0) is 62.7 Å². The number of hydrogen-bond acceptors (Lipinski definition) is 5. The first-order valence-corrected chi connectivity index (χ1v) is 10.2. The molecule has 0 radical (unpaired) electrons. The van der Waals surface area contributed by atoms with Crippen LogP contribution in [-0.2, 0) is 21.2 Å². The van der Waals surface area contributed by atoms with Gasteiger partial charge in [0.25, 0.3) is 0 Å². The summed E-state index contributed by atoms with van der Waals surface area (Å²) in [5.74, 6) is 0.914. The van der Waals surface area contributed by atoms with E-state index in [1.165, 1.54) is 19.2 Å². The molecule has 0 saturated carbocycles. The van der Waals surface area contributed by atoms with Gasteiger partial charge in [-0.3, -0.25) is 4.79 Å². The van der Waals surface area contributed by atoms with E-state index in [0.717, 1.165) is 5.56 Å². The maximum absolute atomic E-state index is 12.3. The topological polar surface area (TPSA) is 93.7 Å². The first-order valence-electron chi connectivity index (χ1n) is 8.69. The predicted molar refractivity (Wildman–Crippen MR) is 108 cm³/mol. The van der Waals surface area contributed by atoms with Crippen LogP contribution in [0.1, 0.15) is 26.3 Å². The molecule has 0 saturated heterocycles. The lowest BCUT2D eigenvalue weighted by Gasteiger charge is -2.20. The number of sulfonamides is 1. The molecule has 0 fully saturated rings. The highest BCUT2D eigenvalue weighted by atomic mass is 32.2. The summed E-state index contributed by atoms with van der Waals surface area (Å²) in [4.78, 5) is 12.4. The minimum atomic E-state index is -3.61. The van der Waals surface area contributed by atoms with E-state index in [2.05, 4.69) is 10.0 Å².